The van der Waals surface area contributed by atoms with E-state index in [1.807, 2.05) is 0 Å². The summed E-state index contributed by atoms with van der Waals surface area (Å²) in [7, 11) is 2.18. The molecule has 2 rings (SSSR count). The van der Waals surface area contributed by atoms with Crippen molar-refractivity contribution >= 4 is 0 Å². The van der Waals surface area contributed by atoms with E-state index in [0.29, 0.717) is 0 Å². The monoisotopic (exact) mass is 220 g/mol. The van der Waals surface area contributed by atoms with Gasteiger partial charge < -0.3 is 9.88 Å². The van der Waals surface area contributed by atoms with Crippen molar-refractivity contribution in [3.8, 4) is 0 Å². The molecule has 1 fully saturated rings. The molecule has 0 unspecified atom stereocenters. The van der Waals surface area contributed by atoms with Gasteiger partial charge in [0.05, 0.1) is 0 Å². The Kier molecular flexibility index (Phi) is 4.05. The smallest absolute Gasteiger partial charge is 0.0361 e. The lowest BCUT2D eigenvalue weighted by molar-refractivity contribution is 0.369. The van der Waals surface area contributed by atoms with E-state index in [9.17, 15) is 0 Å². The molecule has 1 aromatic heterocycles. The van der Waals surface area contributed by atoms with Crippen LogP contribution in [0.15, 0.2) is 12.1 Å². The van der Waals surface area contributed by atoms with Gasteiger partial charge in [0.2, 0.25) is 0 Å². The van der Waals surface area contributed by atoms with Gasteiger partial charge in [-0.05, 0) is 31.4 Å². The van der Waals surface area contributed by atoms with E-state index in [1.165, 1.54) is 43.5 Å². The van der Waals surface area contributed by atoms with Crippen LogP contribution in [0.4, 0.5) is 0 Å². The highest BCUT2D eigenvalue weighted by Gasteiger charge is 2.13. The minimum atomic E-state index is 0.758. The Morgan fingerprint density at radius 2 is 1.88 bits per heavy atom. The molecule has 2 heteroatoms. The van der Waals surface area contributed by atoms with Crippen LogP contribution in [0.3, 0.4) is 0 Å². The fourth-order valence-electron chi connectivity index (χ4n) is 2.69. The second-order valence-corrected chi connectivity index (χ2v) is 4.94. The van der Waals surface area contributed by atoms with Gasteiger partial charge in [-0.3, -0.25) is 0 Å². The zero-order chi connectivity index (χ0) is 11.4. The SMILES string of the molecule is CCc1ccc(CNC2CCCCC2)n1C. The van der Waals surface area contributed by atoms with E-state index in [4.69, 9.17) is 0 Å². The number of hydrogen-bond acceptors (Lipinski definition) is 1. The largest absolute Gasteiger partial charge is 0.350 e. The molecule has 0 saturated heterocycles. The van der Waals surface area contributed by atoms with E-state index < -0.39 is 0 Å². The Bertz CT molecular complexity index is 321. The molecule has 1 aliphatic carbocycles. The average molecular weight is 220 g/mol. The van der Waals surface area contributed by atoms with Crippen molar-refractivity contribution in [3.63, 3.8) is 0 Å². The van der Waals surface area contributed by atoms with Crippen molar-refractivity contribution in [3.05, 3.63) is 23.5 Å². The highest BCUT2D eigenvalue weighted by atomic mass is 15.0. The summed E-state index contributed by atoms with van der Waals surface area (Å²) >= 11 is 0. The minimum absolute atomic E-state index is 0.758. The number of nitrogens with zero attached hydrogens (tertiary/aromatic N) is 1. The lowest BCUT2D eigenvalue weighted by Crippen LogP contribution is -2.31. The highest BCUT2D eigenvalue weighted by Crippen LogP contribution is 2.18. The van der Waals surface area contributed by atoms with Crippen LogP contribution in [0.2, 0.25) is 0 Å². The minimum Gasteiger partial charge on any atom is -0.350 e. The topological polar surface area (TPSA) is 17.0 Å². The molecule has 1 heterocycles. The molecule has 0 radical (unpaired) electrons. The second kappa shape index (κ2) is 5.53. The number of nitrogens with one attached hydrogen (secondary N) is 1. The molecular weight excluding hydrogens is 196 g/mol. The Morgan fingerprint density at radius 3 is 2.50 bits per heavy atom. The summed E-state index contributed by atoms with van der Waals surface area (Å²) in [4.78, 5) is 0. The summed E-state index contributed by atoms with van der Waals surface area (Å²) in [5.74, 6) is 0. The lowest BCUT2D eigenvalue weighted by Gasteiger charge is -2.23. The van der Waals surface area contributed by atoms with Crippen molar-refractivity contribution in [2.45, 2.75) is 58.0 Å². The molecule has 2 nitrogen and oxygen atoms in total. The van der Waals surface area contributed by atoms with Crippen LogP contribution in [-0.4, -0.2) is 10.6 Å². The van der Waals surface area contributed by atoms with Crippen molar-refractivity contribution in [2.75, 3.05) is 0 Å². The van der Waals surface area contributed by atoms with Gasteiger partial charge in [0, 0.05) is 31.0 Å². The maximum atomic E-state index is 3.70. The van der Waals surface area contributed by atoms with Crippen molar-refractivity contribution in [1.29, 1.82) is 0 Å². The van der Waals surface area contributed by atoms with E-state index >= 15 is 0 Å². The molecule has 16 heavy (non-hydrogen) atoms. The molecule has 0 atom stereocenters. The highest BCUT2D eigenvalue weighted by molar-refractivity contribution is 5.15. The number of aryl methyl sites for hydroxylation is 1. The maximum absolute atomic E-state index is 3.70. The molecule has 1 N–H and O–H groups in total. The Balaban J connectivity index is 1.86. The van der Waals surface area contributed by atoms with Gasteiger partial charge in [-0.25, -0.2) is 0 Å². The van der Waals surface area contributed by atoms with Crippen LogP contribution >= 0.6 is 0 Å². The Labute approximate surface area is 99.0 Å². The normalized spacial score (nSPS) is 17.9. The standard InChI is InChI=1S/C14H24N2/c1-3-13-9-10-14(16(13)2)11-15-12-7-5-4-6-8-12/h9-10,12,15H,3-8,11H2,1-2H3. The van der Waals surface area contributed by atoms with Crippen LogP contribution in [0.1, 0.15) is 50.4 Å². The van der Waals surface area contributed by atoms with Gasteiger partial charge in [-0.1, -0.05) is 26.2 Å². The van der Waals surface area contributed by atoms with E-state index in [2.05, 4.69) is 36.0 Å². The third-order valence-electron chi connectivity index (χ3n) is 3.87. The van der Waals surface area contributed by atoms with Crippen LogP contribution in [0, 0.1) is 0 Å². The van der Waals surface area contributed by atoms with E-state index in [1.54, 1.807) is 0 Å². The molecule has 90 valence electrons. The molecule has 0 bridgehead atoms. The molecule has 0 amide bonds. The van der Waals surface area contributed by atoms with Gasteiger partial charge >= 0.3 is 0 Å². The van der Waals surface area contributed by atoms with E-state index in [-0.39, 0.29) is 0 Å². The van der Waals surface area contributed by atoms with E-state index in [0.717, 1.165) is 19.0 Å². The second-order valence-electron chi connectivity index (χ2n) is 4.94. The predicted molar refractivity (Wildman–Crippen MR) is 68.5 cm³/mol. The third-order valence-corrected chi connectivity index (χ3v) is 3.87. The summed E-state index contributed by atoms with van der Waals surface area (Å²) in [5.41, 5.74) is 2.85. The Morgan fingerprint density at radius 1 is 1.19 bits per heavy atom. The van der Waals surface area contributed by atoms with Crippen LogP contribution in [0.25, 0.3) is 0 Å². The van der Waals surface area contributed by atoms with Crippen LogP contribution in [-0.2, 0) is 20.0 Å². The number of hydrogen-bond donors (Lipinski definition) is 1. The summed E-state index contributed by atoms with van der Waals surface area (Å²) in [6.45, 7) is 3.24. The zero-order valence-corrected chi connectivity index (χ0v) is 10.6. The fourth-order valence-corrected chi connectivity index (χ4v) is 2.69. The molecule has 0 spiro atoms. The third kappa shape index (κ3) is 2.67. The molecule has 1 aromatic rings. The molecule has 1 saturated carbocycles. The van der Waals surface area contributed by atoms with Gasteiger partial charge in [-0.2, -0.15) is 0 Å². The van der Waals surface area contributed by atoms with Crippen molar-refractivity contribution < 1.29 is 0 Å². The van der Waals surface area contributed by atoms with Gasteiger partial charge in [0.1, 0.15) is 0 Å². The molecule has 0 aromatic carbocycles. The van der Waals surface area contributed by atoms with Crippen molar-refractivity contribution in [2.24, 2.45) is 7.05 Å². The van der Waals surface area contributed by atoms with Crippen LogP contribution in [0.5, 0.6) is 0 Å². The van der Waals surface area contributed by atoms with Gasteiger partial charge in [-0.15, -0.1) is 0 Å². The van der Waals surface area contributed by atoms with Gasteiger partial charge in [0.15, 0.2) is 0 Å². The first kappa shape index (κ1) is 11.7. The summed E-state index contributed by atoms with van der Waals surface area (Å²) < 4.78 is 2.33. The number of rotatable bonds is 4. The fraction of sp³-hybridized carbons (Fsp3) is 0.714. The number of aromatic nitrogens is 1. The first-order valence-electron chi connectivity index (χ1n) is 6.68. The molecule has 0 aliphatic heterocycles. The van der Waals surface area contributed by atoms with Gasteiger partial charge in [0.25, 0.3) is 0 Å². The van der Waals surface area contributed by atoms with Crippen molar-refractivity contribution in [1.82, 2.24) is 9.88 Å². The first-order valence-corrected chi connectivity index (χ1v) is 6.68. The Hall–Kier alpha value is -0.760. The summed E-state index contributed by atoms with van der Waals surface area (Å²) in [6, 6.07) is 5.26. The quantitative estimate of drug-likeness (QED) is 0.825. The molecule has 1 aliphatic rings. The summed E-state index contributed by atoms with van der Waals surface area (Å²) in [6.07, 6.45) is 8.11. The maximum Gasteiger partial charge on any atom is 0.0361 e. The average Bonchev–Trinajstić information content (AvgIpc) is 2.69. The summed E-state index contributed by atoms with van der Waals surface area (Å²) in [5, 5.41) is 3.70. The lowest BCUT2D eigenvalue weighted by atomic mass is 9.95. The first-order chi connectivity index (χ1) is 7.81. The zero-order valence-electron chi connectivity index (χ0n) is 10.6. The molecular formula is C14H24N2. The van der Waals surface area contributed by atoms with Crippen LogP contribution < -0.4 is 5.32 Å². The predicted octanol–water partition coefficient (Wildman–Crippen LogP) is 3.01.